The highest BCUT2D eigenvalue weighted by atomic mass is 32.2. The predicted molar refractivity (Wildman–Crippen MR) is 121 cm³/mol. The van der Waals surface area contributed by atoms with Crippen molar-refractivity contribution in [3.8, 4) is 22.8 Å². The van der Waals surface area contributed by atoms with E-state index in [4.69, 9.17) is 9.47 Å². The van der Waals surface area contributed by atoms with E-state index in [-0.39, 0.29) is 12.2 Å². The molecule has 7 nitrogen and oxygen atoms in total. The minimum atomic E-state index is -3.64. The number of aromatic nitrogens is 1. The molecule has 4 rings (SSSR count). The second kappa shape index (κ2) is 9.58. The van der Waals surface area contributed by atoms with Crippen LogP contribution in [0.1, 0.15) is 28.8 Å². The number of ether oxygens (including phenoxy) is 2. The van der Waals surface area contributed by atoms with Crippen molar-refractivity contribution in [2.24, 2.45) is 5.92 Å². The van der Waals surface area contributed by atoms with Crippen LogP contribution in [0.3, 0.4) is 0 Å². The Kier molecular flexibility index (Phi) is 6.60. The lowest BCUT2D eigenvalue weighted by atomic mass is 10.1. The Bertz CT molecular complexity index is 1260. The lowest BCUT2D eigenvalue weighted by molar-refractivity contribution is 0.0981. The van der Waals surface area contributed by atoms with Gasteiger partial charge in [0.05, 0.1) is 18.6 Å². The molecular weight excluding hydrogens is 447 g/mol. The fraction of sp³-hybridized carbons (Fsp3) is 0.250. The van der Waals surface area contributed by atoms with E-state index < -0.39 is 21.7 Å². The molecule has 2 aromatic carbocycles. The zero-order valence-corrected chi connectivity index (χ0v) is 18.8. The average molecular weight is 471 g/mol. The quantitative estimate of drug-likeness (QED) is 0.509. The summed E-state index contributed by atoms with van der Waals surface area (Å²) in [7, 11) is -3.64. The molecule has 0 unspecified atom stereocenters. The van der Waals surface area contributed by atoms with Crippen molar-refractivity contribution in [2.75, 3.05) is 12.9 Å². The number of pyridine rings is 1. The minimum absolute atomic E-state index is 0.134. The van der Waals surface area contributed by atoms with Crippen molar-refractivity contribution in [2.45, 2.75) is 19.4 Å². The molecule has 0 aliphatic heterocycles. The van der Waals surface area contributed by atoms with Gasteiger partial charge in [0.2, 0.25) is 10.0 Å². The maximum atomic E-state index is 14.2. The van der Waals surface area contributed by atoms with Crippen LogP contribution in [-0.4, -0.2) is 32.2 Å². The summed E-state index contributed by atoms with van der Waals surface area (Å²) in [5.41, 5.74) is 2.07. The van der Waals surface area contributed by atoms with Crippen LogP contribution in [0.2, 0.25) is 0 Å². The summed E-state index contributed by atoms with van der Waals surface area (Å²) in [5, 5.41) is 0. The van der Waals surface area contributed by atoms with E-state index in [9.17, 15) is 17.6 Å². The van der Waals surface area contributed by atoms with Crippen LogP contribution < -0.4 is 14.2 Å². The van der Waals surface area contributed by atoms with Gasteiger partial charge < -0.3 is 9.47 Å². The Morgan fingerprint density at radius 3 is 2.52 bits per heavy atom. The van der Waals surface area contributed by atoms with Gasteiger partial charge in [-0.2, -0.15) is 0 Å². The molecule has 0 spiro atoms. The molecule has 3 aromatic rings. The van der Waals surface area contributed by atoms with Gasteiger partial charge in [0, 0.05) is 29.5 Å². The van der Waals surface area contributed by atoms with Gasteiger partial charge in [0.15, 0.2) is 0 Å². The zero-order valence-electron chi connectivity index (χ0n) is 18.0. The van der Waals surface area contributed by atoms with Gasteiger partial charge in [-0.15, -0.1) is 0 Å². The van der Waals surface area contributed by atoms with E-state index in [0.29, 0.717) is 35.3 Å². The maximum absolute atomic E-state index is 14.2. The molecule has 1 aliphatic carbocycles. The van der Waals surface area contributed by atoms with Gasteiger partial charge in [0.1, 0.15) is 23.9 Å². The first-order valence-electron chi connectivity index (χ1n) is 10.4. The molecule has 1 amide bonds. The summed E-state index contributed by atoms with van der Waals surface area (Å²) in [6, 6.07) is 14.2. The van der Waals surface area contributed by atoms with E-state index in [1.165, 1.54) is 37.1 Å². The third-order valence-electron chi connectivity index (χ3n) is 4.98. The van der Waals surface area contributed by atoms with Crippen LogP contribution in [0.15, 0.2) is 60.8 Å². The molecule has 1 aliphatic rings. The van der Waals surface area contributed by atoms with Gasteiger partial charge in [-0.05, 0) is 54.7 Å². The summed E-state index contributed by atoms with van der Waals surface area (Å²) in [5.74, 6) is 0.476. The SMILES string of the molecule is CS(=O)(=O)NC(=O)c1ccc(COc2cc(F)cc(-c3cc(OCC4CC4)ccn3)c2)cc1. The van der Waals surface area contributed by atoms with E-state index >= 15 is 0 Å². The zero-order chi connectivity index (χ0) is 23.4. The van der Waals surface area contributed by atoms with Crippen molar-refractivity contribution in [1.82, 2.24) is 9.71 Å². The van der Waals surface area contributed by atoms with Crippen molar-refractivity contribution in [1.29, 1.82) is 0 Å². The molecule has 1 aromatic heterocycles. The average Bonchev–Trinajstić information content (AvgIpc) is 3.60. The first-order valence-corrected chi connectivity index (χ1v) is 12.3. The van der Waals surface area contributed by atoms with E-state index in [2.05, 4.69) is 4.98 Å². The number of nitrogens with zero attached hydrogens (tertiary/aromatic N) is 1. The van der Waals surface area contributed by atoms with Crippen LogP contribution in [0.25, 0.3) is 11.3 Å². The molecule has 172 valence electrons. The normalized spacial score (nSPS) is 13.4. The number of hydrogen-bond donors (Lipinski definition) is 1. The maximum Gasteiger partial charge on any atom is 0.264 e. The number of sulfonamides is 1. The molecule has 0 radical (unpaired) electrons. The van der Waals surface area contributed by atoms with E-state index in [0.717, 1.165) is 11.8 Å². The van der Waals surface area contributed by atoms with Crippen LogP contribution in [-0.2, 0) is 16.6 Å². The predicted octanol–water partition coefficient (Wildman–Crippen LogP) is 3.94. The molecule has 1 fully saturated rings. The first kappa shape index (κ1) is 22.7. The molecular formula is C24H23FN2O5S. The molecule has 9 heteroatoms. The summed E-state index contributed by atoms with van der Waals surface area (Å²) in [4.78, 5) is 16.2. The number of carbonyl (C=O) groups excluding carboxylic acids is 1. The Labute approximate surface area is 191 Å². The van der Waals surface area contributed by atoms with Crippen LogP contribution in [0.4, 0.5) is 4.39 Å². The lowest BCUT2D eigenvalue weighted by Crippen LogP contribution is -2.29. The molecule has 1 saturated carbocycles. The monoisotopic (exact) mass is 470 g/mol. The fourth-order valence-electron chi connectivity index (χ4n) is 3.10. The largest absolute Gasteiger partial charge is 0.493 e. The number of benzene rings is 2. The summed E-state index contributed by atoms with van der Waals surface area (Å²) < 4.78 is 50.0. The number of halogens is 1. The minimum Gasteiger partial charge on any atom is -0.493 e. The Morgan fingerprint density at radius 1 is 1.06 bits per heavy atom. The van der Waals surface area contributed by atoms with Crippen molar-refractivity contribution in [3.05, 3.63) is 77.7 Å². The lowest BCUT2D eigenvalue weighted by Gasteiger charge is -2.11. The second-order valence-corrected chi connectivity index (χ2v) is 9.74. The van der Waals surface area contributed by atoms with Gasteiger partial charge in [-0.1, -0.05) is 12.1 Å². The Morgan fingerprint density at radius 2 is 1.82 bits per heavy atom. The number of nitrogens with one attached hydrogen (secondary N) is 1. The molecule has 0 bridgehead atoms. The number of carbonyl (C=O) groups is 1. The standard InChI is InChI=1S/C24H23FN2O5S/c1-33(29,30)27-24(28)18-6-4-17(5-7-18)15-32-22-11-19(10-20(25)12-22)23-13-21(8-9-26-23)31-14-16-2-3-16/h4-13,16H,2-3,14-15H2,1H3,(H,27,28). The Balaban J connectivity index is 1.42. The first-order chi connectivity index (χ1) is 15.7. The van der Waals surface area contributed by atoms with Crippen LogP contribution in [0.5, 0.6) is 11.5 Å². The van der Waals surface area contributed by atoms with Gasteiger partial charge in [-0.3, -0.25) is 9.78 Å². The highest BCUT2D eigenvalue weighted by molar-refractivity contribution is 7.89. The molecule has 33 heavy (non-hydrogen) atoms. The highest BCUT2D eigenvalue weighted by Gasteiger charge is 2.22. The topological polar surface area (TPSA) is 94.6 Å². The van der Waals surface area contributed by atoms with Crippen molar-refractivity contribution >= 4 is 15.9 Å². The fourth-order valence-corrected chi connectivity index (χ4v) is 3.55. The third kappa shape index (κ3) is 6.76. The third-order valence-corrected chi connectivity index (χ3v) is 5.54. The van der Waals surface area contributed by atoms with Crippen LogP contribution in [0, 0.1) is 11.7 Å². The van der Waals surface area contributed by atoms with Crippen molar-refractivity contribution in [3.63, 3.8) is 0 Å². The number of rotatable bonds is 9. The molecule has 1 heterocycles. The number of hydrogen-bond acceptors (Lipinski definition) is 6. The summed E-state index contributed by atoms with van der Waals surface area (Å²) in [6.07, 6.45) is 4.93. The smallest absolute Gasteiger partial charge is 0.264 e. The van der Waals surface area contributed by atoms with Crippen molar-refractivity contribution < 1.29 is 27.1 Å². The van der Waals surface area contributed by atoms with E-state index in [1.807, 2.05) is 4.72 Å². The van der Waals surface area contributed by atoms with Gasteiger partial charge >= 0.3 is 0 Å². The molecule has 0 saturated heterocycles. The molecule has 1 N–H and O–H groups in total. The van der Waals surface area contributed by atoms with Gasteiger partial charge in [-0.25, -0.2) is 17.5 Å². The van der Waals surface area contributed by atoms with Gasteiger partial charge in [0.25, 0.3) is 5.91 Å². The number of amides is 1. The second-order valence-electron chi connectivity index (χ2n) is 8.00. The van der Waals surface area contributed by atoms with Crippen LogP contribution >= 0.6 is 0 Å². The molecule has 0 atom stereocenters. The highest BCUT2D eigenvalue weighted by Crippen LogP contribution is 2.31. The summed E-state index contributed by atoms with van der Waals surface area (Å²) >= 11 is 0. The summed E-state index contributed by atoms with van der Waals surface area (Å²) in [6.45, 7) is 0.810. The Hall–Kier alpha value is -3.46. The van der Waals surface area contributed by atoms with E-state index in [1.54, 1.807) is 36.5 Å².